The van der Waals surface area contributed by atoms with Gasteiger partial charge in [0.1, 0.15) is 23.1 Å². The molecule has 0 amide bonds. The monoisotopic (exact) mass is 443 g/mol. The number of fused-ring (bicyclic) bond motifs is 3. The van der Waals surface area contributed by atoms with Crippen LogP contribution in [0.3, 0.4) is 0 Å². The lowest BCUT2D eigenvalue weighted by atomic mass is 10.0. The summed E-state index contributed by atoms with van der Waals surface area (Å²) in [6.45, 7) is 6.53. The average molecular weight is 444 g/mol. The Morgan fingerprint density at radius 2 is 1.38 bits per heavy atom. The lowest BCUT2D eigenvalue weighted by Crippen LogP contribution is -2.33. The van der Waals surface area contributed by atoms with E-state index in [2.05, 4.69) is 116 Å². The Kier molecular flexibility index (Phi) is 4.66. The summed E-state index contributed by atoms with van der Waals surface area (Å²) >= 11 is 0. The van der Waals surface area contributed by atoms with Gasteiger partial charge < -0.3 is 4.42 Å². The Morgan fingerprint density at radius 3 is 2.15 bits per heavy atom. The number of aromatic nitrogens is 2. The molecule has 0 radical (unpaired) electrons. The molecule has 0 bridgehead atoms. The van der Waals surface area contributed by atoms with Crippen LogP contribution in [0.4, 0.5) is 0 Å². The molecule has 0 unspecified atom stereocenters. The fraction of sp³-hybridized carbons (Fsp3) is 0.129. The van der Waals surface area contributed by atoms with Crippen LogP contribution < -0.4 is 4.57 Å². The molecule has 0 spiro atoms. The molecule has 0 N–H and O–H groups in total. The topological polar surface area (TPSA) is 21.9 Å². The van der Waals surface area contributed by atoms with Gasteiger partial charge >= 0.3 is 0 Å². The van der Waals surface area contributed by atoms with Crippen LogP contribution in [0.2, 0.25) is 0 Å². The molecular weight excluding hydrogens is 416 g/mol. The minimum atomic E-state index is 0.921. The number of imidazole rings is 1. The van der Waals surface area contributed by atoms with Crippen molar-refractivity contribution >= 4 is 21.9 Å². The third kappa shape index (κ3) is 3.01. The standard InChI is InChI=1S/C31H27N2O/c1-20-17-18-25-24-15-8-9-16-27(24)34-30(25)28(20)26-19-33(29-21(2)11-10-12-22(29)3)31(32(26)4)23-13-6-5-7-14-23/h5-19H,1-4H3/q+1. The SMILES string of the molecule is Cc1cccc(C)c1-[n+]1cc(-c2c(C)ccc3c2oc2ccccc23)n(C)c1-c1ccccc1. The van der Waals surface area contributed by atoms with Crippen molar-refractivity contribution in [2.24, 2.45) is 7.05 Å². The van der Waals surface area contributed by atoms with Crippen molar-refractivity contribution in [3.63, 3.8) is 0 Å². The molecule has 0 aliphatic heterocycles. The van der Waals surface area contributed by atoms with E-state index in [4.69, 9.17) is 4.42 Å². The number of hydrogen-bond donors (Lipinski definition) is 0. The summed E-state index contributed by atoms with van der Waals surface area (Å²) < 4.78 is 11.1. The summed E-state index contributed by atoms with van der Waals surface area (Å²) in [5.41, 5.74) is 10.2. The first-order valence-corrected chi connectivity index (χ1v) is 11.7. The molecule has 0 saturated carbocycles. The number of furan rings is 1. The van der Waals surface area contributed by atoms with E-state index < -0.39 is 0 Å². The zero-order valence-corrected chi connectivity index (χ0v) is 20.0. The van der Waals surface area contributed by atoms with E-state index in [0.717, 1.165) is 39.0 Å². The number of aryl methyl sites for hydroxylation is 3. The van der Waals surface area contributed by atoms with E-state index in [9.17, 15) is 0 Å². The number of benzene rings is 4. The first kappa shape index (κ1) is 20.5. The Bertz CT molecular complexity index is 1670. The normalized spacial score (nSPS) is 11.5. The summed E-state index contributed by atoms with van der Waals surface area (Å²) in [6, 6.07) is 29.8. The van der Waals surface area contributed by atoms with Crippen LogP contribution in [0.1, 0.15) is 16.7 Å². The van der Waals surface area contributed by atoms with Gasteiger partial charge in [0.25, 0.3) is 5.82 Å². The molecule has 0 aliphatic rings. The summed E-state index contributed by atoms with van der Waals surface area (Å²) in [4.78, 5) is 0. The number of nitrogens with zero attached hydrogens (tertiary/aromatic N) is 2. The minimum Gasteiger partial charge on any atom is -0.455 e. The molecule has 166 valence electrons. The van der Waals surface area contributed by atoms with Crippen LogP contribution in [0.5, 0.6) is 0 Å². The van der Waals surface area contributed by atoms with Gasteiger partial charge in [-0.25, -0.2) is 4.57 Å². The van der Waals surface area contributed by atoms with Gasteiger partial charge in [-0.3, -0.25) is 0 Å². The van der Waals surface area contributed by atoms with Crippen molar-refractivity contribution in [3.8, 4) is 28.3 Å². The molecule has 0 saturated heterocycles. The largest absolute Gasteiger partial charge is 0.455 e. The van der Waals surface area contributed by atoms with Gasteiger partial charge in [0.05, 0.1) is 18.2 Å². The molecule has 3 nitrogen and oxygen atoms in total. The van der Waals surface area contributed by atoms with E-state index in [1.165, 1.54) is 27.9 Å². The molecule has 6 aromatic rings. The Labute approximate surface area is 199 Å². The second-order valence-electron chi connectivity index (χ2n) is 9.11. The second-order valence-corrected chi connectivity index (χ2v) is 9.11. The molecule has 2 aromatic heterocycles. The van der Waals surface area contributed by atoms with E-state index in [1.807, 2.05) is 12.1 Å². The summed E-state index contributed by atoms with van der Waals surface area (Å²) in [5.74, 6) is 1.14. The van der Waals surface area contributed by atoms with Gasteiger partial charge in [-0.1, -0.05) is 66.7 Å². The van der Waals surface area contributed by atoms with E-state index in [0.29, 0.717) is 0 Å². The quantitative estimate of drug-likeness (QED) is 0.260. The van der Waals surface area contributed by atoms with E-state index >= 15 is 0 Å². The predicted molar refractivity (Wildman–Crippen MR) is 139 cm³/mol. The van der Waals surface area contributed by atoms with Gasteiger partial charge in [0.2, 0.25) is 0 Å². The molecule has 0 aliphatic carbocycles. The highest BCUT2D eigenvalue weighted by Gasteiger charge is 2.29. The maximum atomic E-state index is 6.46. The van der Waals surface area contributed by atoms with Gasteiger partial charge in [0.15, 0.2) is 5.69 Å². The Hall–Kier alpha value is -4.11. The van der Waals surface area contributed by atoms with Crippen LogP contribution in [-0.2, 0) is 7.05 Å². The first-order valence-electron chi connectivity index (χ1n) is 11.7. The molecule has 0 fully saturated rings. The van der Waals surface area contributed by atoms with Crippen LogP contribution in [-0.4, -0.2) is 4.57 Å². The molecule has 6 rings (SSSR count). The van der Waals surface area contributed by atoms with Crippen LogP contribution >= 0.6 is 0 Å². The molecular formula is C31H27N2O+. The zero-order valence-electron chi connectivity index (χ0n) is 20.0. The highest BCUT2D eigenvalue weighted by atomic mass is 16.3. The fourth-order valence-corrected chi connectivity index (χ4v) is 5.26. The third-order valence-corrected chi connectivity index (χ3v) is 6.88. The lowest BCUT2D eigenvalue weighted by Gasteiger charge is -2.08. The highest BCUT2D eigenvalue weighted by Crippen LogP contribution is 2.38. The number of hydrogen-bond acceptors (Lipinski definition) is 1. The van der Waals surface area contributed by atoms with Gasteiger partial charge in [-0.15, -0.1) is 0 Å². The van der Waals surface area contributed by atoms with Gasteiger partial charge in [-0.05, 0) is 55.7 Å². The summed E-state index contributed by atoms with van der Waals surface area (Å²) in [6.07, 6.45) is 2.27. The average Bonchev–Trinajstić information content (AvgIpc) is 3.37. The molecule has 34 heavy (non-hydrogen) atoms. The number of rotatable bonds is 3. The van der Waals surface area contributed by atoms with Crippen LogP contribution in [0, 0.1) is 20.8 Å². The zero-order chi connectivity index (χ0) is 23.4. The van der Waals surface area contributed by atoms with Crippen LogP contribution in [0.25, 0.3) is 50.3 Å². The predicted octanol–water partition coefficient (Wildman–Crippen LogP) is 7.46. The van der Waals surface area contributed by atoms with Crippen molar-refractivity contribution in [3.05, 3.63) is 108 Å². The molecule has 4 aromatic carbocycles. The summed E-state index contributed by atoms with van der Waals surface area (Å²) in [7, 11) is 2.16. The molecule has 3 heteroatoms. The van der Waals surface area contributed by atoms with Crippen molar-refractivity contribution in [1.82, 2.24) is 4.57 Å². The maximum absolute atomic E-state index is 6.46. The molecule has 0 atom stereocenters. The van der Waals surface area contributed by atoms with Gasteiger partial charge in [-0.2, -0.15) is 4.57 Å². The second kappa shape index (κ2) is 7.74. The van der Waals surface area contributed by atoms with Crippen molar-refractivity contribution in [1.29, 1.82) is 0 Å². The Morgan fingerprint density at radius 1 is 0.676 bits per heavy atom. The van der Waals surface area contributed by atoms with Gasteiger partial charge in [0, 0.05) is 10.8 Å². The maximum Gasteiger partial charge on any atom is 0.294 e. The van der Waals surface area contributed by atoms with E-state index in [1.54, 1.807) is 0 Å². The number of para-hydroxylation sites is 2. The van der Waals surface area contributed by atoms with Crippen molar-refractivity contribution in [2.45, 2.75) is 20.8 Å². The fourth-order valence-electron chi connectivity index (χ4n) is 5.26. The Balaban J connectivity index is 1.73. The third-order valence-electron chi connectivity index (χ3n) is 6.88. The van der Waals surface area contributed by atoms with Crippen LogP contribution in [0.15, 0.2) is 95.5 Å². The first-order chi connectivity index (χ1) is 16.5. The lowest BCUT2D eigenvalue weighted by molar-refractivity contribution is -0.583. The van der Waals surface area contributed by atoms with Crippen molar-refractivity contribution < 1.29 is 8.98 Å². The van der Waals surface area contributed by atoms with Crippen molar-refractivity contribution in [2.75, 3.05) is 0 Å². The smallest absolute Gasteiger partial charge is 0.294 e. The highest BCUT2D eigenvalue weighted by molar-refractivity contribution is 6.09. The minimum absolute atomic E-state index is 0.921. The molecule has 2 heterocycles. The van der Waals surface area contributed by atoms with E-state index in [-0.39, 0.29) is 0 Å². The summed E-state index contributed by atoms with van der Waals surface area (Å²) in [5, 5.41) is 2.30.